The maximum absolute atomic E-state index is 2.56. The molecule has 6 rings (SSSR count). The molecular weight excluding hydrogens is 352 g/mol. The van der Waals surface area contributed by atoms with Gasteiger partial charge in [-0.15, -0.1) is 22.7 Å². The molecule has 0 saturated heterocycles. The van der Waals surface area contributed by atoms with Gasteiger partial charge in [0.25, 0.3) is 0 Å². The summed E-state index contributed by atoms with van der Waals surface area (Å²) in [6, 6.07) is 5.07. The molecule has 0 spiro atoms. The molecule has 3 aliphatic carbocycles. The minimum absolute atomic E-state index is 0.387. The van der Waals surface area contributed by atoms with Crippen LogP contribution in [0.2, 0.25) is 0 Å². The molecule has 3 atom stereocenters. The van der Waals surface area contributed by atoms with E-state index in [0.29, 0.717) is 5.41 Å². The lowest BCUT2D eigenvalue weighted by Crippen LogP contribution is -2.42. The standard InChI is InChI=1S/C24H28S2/c1-13-10-18-20(17-12-15-6-7-16(15)17)22-19(11-14(2)25-22)21(23(18)26-13)24(3)8-4-5-9-24/h10-11,15-17H,4-9,12H2,1-3H3. The monoisotopic (exact) mass is 380 g/mol. The summed E-state index contributed by atoms with van der Waals surface area (Å²) in [5, 5.41) is 3.27. The highest BCUT2D eigenvalue weighted by Gasteiger charge is 2.49. The van der Waals surface area contributed by atoms with Crippen molar-refractivity contribution < 1.29 is 0 Å². The molecule has 3 fully saturated rings. The van der Waals surface area contributed by atoms with E-state index in [1.165, 1.54) is 54.7 Å². The van der Waals surface area contributed by atoms with E-state index in [-0.39, 0.29) is 0 Å². The van der Waals surface area contributed by atoms with Crippen molar-refractivity contribution in [1.82, 2.24) is 0 Å². The summed E-state index contributed by atoms with van der Waals surface area (Å²) in [6.07, 6.45) is 9.98. The normalized spacial score (nSPS) is 29.7. The minimum Gasteiger partial charge on any atom is -0.140 e. The molecule has 0 N–H and O–H groups in total. The molecule has 0 amide bonds. The van der Waals surface area contributed by atoms with E-state index in [4.69, 9.17) is 0 Å². The van der Waals surface area contributed by atoms with Crippen molar-refractivity contribution in [2.24, 2.45) is 11.8 Å². The molecule has 2 heteroatoms. The molecule has 3 aliphatic rings. The third-order valence-corrected chi connectivity index (χ3v) is 10.1. The molecule has 0 aliphatic heterocycles. The number of hydrogen-bond acceptors (Lipinski definition) is 2. The summed E-state index contributed by atoms with van der Waals surface area (Å²) in [4.78, 5) is 3.01. The Labute approximate surface area is 164 Å². The third-order valence-electron chi connectivity index (χ3n) is 7.97. The van der Waals surface area contributed by atoms with Crippen LogP contribution < -0.4 is 0 Å². The Morgan fingerprint density at radius 3 is 2.23 bits per heavy atom. The van der Waals surface area contributed by atoms with Crippen molar-refractivity contribution in [2.45, 2.75) is 77.0 Å². The van der Waals surface area contributed by atoms with E-state index in [2.05, 4.69) is 55.6 Å². The lowest BCUT2D eigenvalue weighted by atomic mass is 9.51. The Morgan fingerprint density at radius 1 is 0.923 bits per heavy atom. The summed E-state index contributed by atoms with van der Waals surface area (Å²) < 4.78 is 3.31. The van der Waals surface area contributed by atoms with Crippen molar-refractivity contribution in [2.75, 3.05) is 0 Å². The van der Waals surface area contributed by atoms with Crippen LogP contribution in [0.15, 0.2) is 12.1 Å². The van der Waals surface area contributed by atoms with Crippen molar-refractivity contribution >= 4 is 42.8 Å². The minimum atomic E-state index is 0.387. The molecule has 3 aromatic rings. The van der Waals surface area contributed by atoms with Crippen molar-refractivity contribution in [3.8, 4) is 0 Å². The van der Waals surface area contributed by atoms with E-state index >= 15 is 0 Å². The van der Waals surface area contributed by atoms with E-state index in [1.54, 1.807) is 31.3 Å². The second-order valence-corrected chi connectivity index (χ2v) is 12.1. The molecule has 0 nitrogen and oxygen atoms in total. The fourth-order valence-electron chi connectivity index (χ4n) is 6.47. The maximum atomic E-state index is 2.56. The number of hydrogen-bond donors (Lipinski definition) is 0. The highest BCUT2D eigenvalue weighted by Crippen LogP contribution is 2.62. The van der Waals surface area contributed by atoms with Gasteiger partial charge < -0.3 is 0 Å². The number of benzene rings is 1. The second kappa shape index (κ2) is 5.35. The molecule has 0 bridgehead atoms. The molecule has 3 saturated carbocycles. The number of rotatable bonds is 2. The van der Waals surface area contributed by atoms with Gasteiger partial charge >= 0.3 is 0 Å². The van der Waals surface area contributed by atoms with Crippen molar-refractivity contribution in [3.05, 3.63) is 33.0 Å². The molecule has 2 heterocycles. The summed E-state index contributed by atoms with van der Waals surface area (Å²) in [5.41, 5.74) is 3.86. The Balaban J connectivity index is 1.70. The smallest absolute Gasteiger partial charge is 0.0393 e. The van der Waals surface area contributed by atoms with Gasteiger partial charge in [-0.05, 0) is 103 Å². The molecule has 136 valence electrons. The largest absolute Gasteiger partial charge is 0.140 e. The van der Waals surface area contributed by atoms with Crippen LogP contribution in [0.1, 0.15) is 78.7 Å². The van der Waals surface area contributed by atoms with E-state index in [0.717, 1.165) is 17.8 Å². The first kappa shape index (κ1) is 16.1. The van der Waals surface area contributed by atoms with Gasteiger partial charge in [0.15, 0.2) is 0 Å². The van der Waals surface area contributed by atoms with Crippen LogP contribution >= 0.6 is 22.7 Å². The van der Waals surface area contributed by atoms with Gasteiger partial charge in [-0.2, -0.15) is 0 Å². The van der Waals surface area contributed by atoms with Gasteiger partial charge in [0.1, 0.15) is 0 Å². The first-order valence-electron chi connectivity index (χ1n) is 10.5. The SMILES string of the molecule is Cc1cc2c(C3(C)CCCC3)c3sc(C)cc3c(C3CC4CCC43)c2s1. The lowest BCUT2D eigenvalue weighted by Gasteiger charge is -2.53. The maximum Gasteiger partial charge on any atom is 0.0393 e. The molecule has 2 aromatic heterocycles. The fraction of sp³-hybridized carbons (Fsp3) is 0.583. The summed E-state index contributed by atoms with van der Waals surface area (Å²) in [6.45, 7) is 7.20. The average Bonchev–Trinajstić information content (AvgIpc) is 3.26. The Bertz CT molecular complexity index is 970. The summed E-state index contributed by atoms with van der Waals surface area (Å²) in [5.74, 6) is 2.89. The van der Waals surface area contributed by atoms with Crippen LogP contribution in [0.25, 0.3) is 20.2 Å². The number of fused-ring (bicyclic) bond motifs is 3. The third kappa shape index (κ3) is 2.01. The van der Waals surface area contributed by atoms with Gasteiger partial charge in [-0.1, -0.05) is 19.8 Å². The molecule has 0 radical (unpaired) electrons. The van der Waals surface area contributed by atoms with Gasteiger partial charge in [-0.25, -0.2) is 0 Å². The molecule has 1 aromatic carbocycles. The Morgan fingerprint density at radius 2 is 1.62 bits per heavy atom. The van der Waals surface area contributed by atoms with E-state index in [9.17, 15) is 0 Å². The highest BCUT2D eigenvalue weighted by atomic mass is 32.1. The topological polar surface area (TPSA) is 0 Å². The van der Waals surface area contributed by atoms with Crippen molar-refractivity contribution in [1.29, 1.82) is 0 Å². The zero-order valence-corrected chi connectivity index (χ0v) is 17.8. The number of aryl methyl sites for hydroxylation is 2. The first-order chi connectivity index (χ1) is 12.5. The predicted octanol–water partition coefficient (Wildman–Crippen LogP) is 8.08. The molecule has 26 heavy (non-hydrogen) atoms. The highest BCUT2D eigenvalue weighted by molar-refractivity contribution is 7.21. The van der Waals surface area contributed by atoms with Crippen LogP contribution in [0.5, 0.6) is 0 Å². The predicted molar refractivity (Wildman–Crippen MR) is 116 cm³/mol. The van der Waals surface area contributed by atoms with Crippen LogP contribution in [-0.2, 0) is 5.41 Å². The Kier molecular flexibility index (Phi) is 3.32. The average molecular weight is 381 g/mol. The van der Waals surface area contributed by atoms with E-state index in [1.807, 2.05) is 0 Å². The van der Waals surface area contributed by atoms with Gasteiger partial charge in [0, 0.05) is 19.2 Å². The summed E-state index contributed by atoms with van der Waals surface area (Å²) in [7, 11) is 0. The molecule has 3 unspecified atom stereocenters. The zero-order valence-electron chi connectivity index (χ0n) is 16.2. The Hall–Kier alpha value is -0.860. The van der Waals surface area contributed by atoms with Crippen LogP contribution in [-0.4, -0.2) is 0 Å². The van der Waals surface area contributed by atoms with Gasteiger partial charge in [0.2, 0.25) is 0 Å². The van der Waals surface area contributed by atoms with Gasteiger partial charge in [0.05, 0.1) is 0 Å². The quantitative estimate of drug-likeness (QED) is 0.421. The molecular formula is C24H28S2. The first-order valence-corrected chi connectivity index (χ1v) is 12.1. The van der Waals surface area contributed by atoms with Gasteiger partial charge in [-0.3, -0.25) is 0 Å². The van der Waals surface area contributed by atoms with E-state index < -0.39 is 0 Å². The number of thiophene rings is 2. The fourth-order valence-corrected chi connectivity index (χ4v) is 8.85. The van der Waals surface area contributed by atoms with Crippen LogP contribution in [0, 0.1) is 25.7 Å². The van der Waals surface area contributed by atoms with Crippen LogP contribution in [0.3, 0.4) is 0 Å². The second-order valence-electron chi connectivity index (χ2n) is 9.60. The zero-order chi connectivity index (χ0) is 17.6. The summed E-state index contributed by atoms with van der Waals surface area (Å²) >= 11 is 4.16. The lowest BCUT2D eigenvalue weighted by molar-refractivity contribution is 0.0230. The van der Waals surface area contributed by atoms with Crippen LogP contribution in [0.4, 0.5) is 0 Å². The van der Waals surface area contributed by atoms with Crippen molar-refractivity contribution in [3.63, 3.8) is 0 Å².